The maximum Gasteiger partial charge on any atom is 0.0700 e. The summed E-state index contributed by atoms with van der Waals surface area (Å²) in [6, 6.07) is 1.52. The van der Waals surface area contributed by atoms with E-state index < -0.39 is 0 Å². The van der Waals surface area contributed by atoms with E-state index in [1.165, 1.54) is 45.3 Å². The first-order valence-corrected chi connectivity index (χ1v) is 7.90. The number of ether oxygens (including phenoxy) is 2. The van der Waals surface area contributed by atoms with Gasteiger partial charge in [0.05, 0.1) is 19.8 Å². The van der Waals surface area contributed by atoms with Crippen molar-refractivity contribution in [1.29, 1.82) is 0 Å². The molecule has 0 aromatic carbocycles. The van der Waals surface area contributed by atoms with Crippen molar-refractivity contribution in [3.05, 3.63) is 0 Å². The Labute approximate surface area is 118 Å². The van der Waals surface area contributed by atoms with Gasteiger partial charge in [0, 0.05) is 38.8 Å². The smallest absolute Gasteiger partial charge is 0.0700 e. The quantitative estimate of drug-likeness (QED) is 0.656. The highest BCUT2D eigenvalue weighted by molar-refractivity contribution is 4.90. The molecular formula is C15H30N2O2. The third-order valence-corrected chi connectivity index (χ3v) is 4.58. The number of piperidine rings is 1. The number of hydrogen-bond acceptors (Lipinski definition) is 4. The minimum atomic E-state index is 0.702. The van der Waals surface area contributed by atoms with E-state index in [1.807, 2.05) is 0 Å². The molecule has 2 unspecified atom stereocenters. The van der Waals surface area contributed by atoms with Crippen molar-refractivity contribution in [2.24, 2.45) is 0 Å². The van der Waals surface area contributed by atoms with Crippen molar-refractivity contribution >= 4 is 0 Å². The van der Waals surface area contributed by atoms with Crippen molar-refractivity contribution in [1.82, 2.24) is 9.80 Å². The molecule has 2 heterocycles. The van der Waals surface area contributed by atoms with Crippen LogP contribution < -0.4 is 0 Å². The summed E-state index contributed by atoms with van der Waals surface area (Å²) in [4.78, 5) is 5.37. The Morgan fingerprint density at radius 2 is 2.00 bits per heavy atom. The lowest BCUT2D eigenvalue weighted by Crippen LogP contribution is -2.59. The summed E-state index contributed by atoms with van der Waals surface area (Å²) in [7, 11) is 1.72. The zero-order valence-corrected chi connectivity index (χ0v) is 12.6. The molecule has 0 aliphatic carbocycles. The van der Waals surface area contributed by atoms with Gasteiger partial charge in [-0.1, -0.05) is 13.3 Å². The van der Waals surface area contributed by atoms with E-state index in [0.29, 0.717) is 6.61 Å². The maximum absolute atomic E-state index is 5.63. The average Bonchev–Trinajstić information content (AvgIpc) is 2.46. The fraction of sp³-hybridized carbons (Fsp3) is 1.00. The van der Waals surface area contributed by atoms with E-state index in [2.05, 4.69) is 16.7 Å². The fourth-order valence-electron chi connectivity index (χ4n) is 3.40. The van der Waals surface area contributed by atoms with Gasteiger partial charge in [0.1, 0.15) is 0 Å². The Morgan fingerprint density at radius 1 is 1.11 bits per heavy atom. The standard InChI is InChI=1S/C15H30N2O2/c1-3-14-12-16-7-5-4-6-15(16)13-17(14)8-9-19-11-10-18-2/h14-15H,3-13H2,1-2H3. The maximum atomic E-state index is 5.63. The summed E-state index contributed by atoms with van der Waals surface area (Å²) in [6.07, 6.45) is 5.45. The van der Waals surface area contributed by atoms with Gasteiger partial charge < -0.3 is 9.47 Å². The molecule has 2 saturated heterocycles. The number of rotatable bonds is 7. The molecule has 4 nitrogen and oxygen atoms in total. The van der Waals surface area contributed by atoms with Crippen LogP contribution in [0.3, 0.4) is 0 Å². The van der Waals surface area contributed by atoms with Gasteiger partial charge in [-0.15, -0.1) is 0 Å². The highest BCUT2D eigenvalue weighted by Crippen LogP contribution is 2.24. The van der Waals surface area contributed by atoms with Crippen molar-refractivity contribution in [2.75, 3.05) is 53.1 Å². The van der Waals surface area contributed by atoms with Crippen LogP contribution >= 0.6 is 0 Å². The van der Waals surface area contributed by atoms with Crippen LogP contribution in [0.1, 0.15) is 32.6 Å². The molecule has 2 aliphatic heterocycles. The third-order valence-electron chi connectivity index (χ3n) is 4.58. The Hall–Kier alpha value is -0.160. The summed E-state index contributed by atoms with van der Waals surface area (Å²) >= 11 is 0. The van der Waals surface area contributed by atoms with Gasteiger partial charge in [0.25, 0.3) is 0 Å². The first kappa shape index (κ1) is 15.2. The monoisotopic (exact) mass is 270 g/mol. The normalized spacial score (nSPS) is 29.4. The largest absolute Gasteiger partial charge is 0.382 e. The summed E-state index contributed by atoms with van der Waals surface area (Å²) in [6.45, 7) is 9.47. The number of hydrogen-bond donors (Lipinski definition) is 0. The molecule has 0 spiro atoms. The SMILES string of the molecule is CCC1CN2CCCCC2CN1CCOCCOC. The Balaban J connectivity index is 1.74. The first-order valence-electron chi connectivity index (χ1n) is 7.90. The number of piperazine rings is 1. The minimum absolute atomic E-state index is 0.702. The van der Waals surface area contributed by atoms with E-state index in [-0.39, 0.29) is 0 Å². The molecule has 0 radical (unpaired) electrons. The fourth-order valence-corrected chi connectivity index (χ4v) is 3.40. The topological polar surface area (TPSA) is 24.9 Å². The second-order valence-corrected chi connectivity index (χ2v) is 5.81. The molecule has 0 bridgehead atoms. The minimum Gasteiger partial charge on any atom is -0.382 e. The molecule has 2 fully saturated rings. The van der Waals surface area contributed by atoms with Crippen LogP contribution in [0.5, 0.6) is 0 Å². The zero-order chi connectivity index (χ0) is 13.5. The lowest BCUT2D eigenvalue weighted by Gasteiger charge is -2.48. The van der Waals surface area contributed by atoms with Gasteiger partial charge in [0.2, 0.25) is 0 Å². The predicted octanol–water partition coefficient (Wildman–Crippen LogP) is 1.60. The highest BCUT2D eigenvalue weighted by Gasteiger charge is 2.33. The van der Waals surface area contributed by atoms with E-state index in [9.17, 15) is 0 Å². The van der Waals surface area contributed by atoms with Gasteiger partial charge in [-0.3, -0.25) is 9.80 Å². The van der Waals surface area contributed by atoms with Crippen molar-refractivity contribution in [3.63, 3.8) is 0 Å². The van der Waals surface area contributed by atoms with Gasteiger partial charge in [-0.25, -0.2) is 0 Å². The molecule has 19 heavy (non-hydrogen) atoms. The van der Waals surface area contributed by atoms with Gasteiger partial charge in [0.15, 0.2) is 0 Å². The number of methoxy groups -OCH3 is 1. The average molecular weight is 270 g/mol. The van der Waals surface area contributed by atoms with Crippen molar-refractivity contribution < 1.29 is 9.47 Å². The molecule has 4 heteroatoms. The van der Waals surface area contributed by atoms with Crippen LogP contribution in [0.2, 0.25) is 0 Å². The summed E-state index contributed by atoms with van der Waals surface area (Å²) in [5.41, 5.74) is 0. The predicted molar refractivity (Wildman–Crippen MR) is 77.6 cm³/mol. The number of nitrogens with zero attached hydrogens (tertiary/aromatic N) is 2. The molecule has 0 amide bonds. The molecule has 2 aliphatic rings. The lowest BCUT2D eigenvalue weighted by atomic mass is 9.96. The summed E-state index contributed by atoms with van der Waals surface area (Å²) in [5.74, 6) is 0. The van der Waals surface area contributed by atoms with Crippen LogP contribution in [0.25, 0.3) is 0 Å². The lowest BCUT2D eigenvalue weighted by molar-refractivity contribution is -0.0120. The van der Waals surface area contributed by atoms with E-state index >= 15 is 0 Å². The Morgan fingerprint density at radius 3 is 2.79 bits per heavy atom. The van der Waals surface area contributed by atoms with Gasteiger partial charge >= 0.3 is 0 Å². The second kappa shape index (κ2) is 8.20. The van der Waals surface area contributed by atoms with Crippen LogP contribution in [0, 0.1) is 0 Å². The van der Waals surface area contributed by atoms with E-state index in [4.69, 9.17) is 9.47 Å². The van der Waals surface area contributed by atoms with Gasteiger partial charge in [-0.2, -0.15) is 0 Å². The number of fused-ring (bicyclic) bond motifs is 1. The molecule has 0 saturated carbocycles. The third kappa shape index (κ3) is 4.42. The molecule has 2 atom stereocenters. The molecule has 0 aromatic rings. The second-order valence-electron chi connectivity index (χ2n) is 5.81. The van der Waals surface area contributed by atoms with Crippen LogP contribution in [-0.4, -0.2) is 75.0 Å². The van der Waals surface area contributed by atoms with Crippen molar-refractivity contribution in [2.45, 2.75) is 44.7 Å². The highest BCUT2D eigenvalue weighted by atomic mass is 16.5. The van der Waals surface area contributed by atoms with Crippen LogP contribution in [0.4, 0.5) is 0 Å². The molecule has 112 valence electrons. The van der Waals surface area contributed by atoms with E-state index in [0.717, 1.165) is 31.8 Å². The summed E-state index contributed by atoms with van der Waals surface area (Å²) in [5, 5.41) is 0. The van der Waals surface area contributed by atoms with Crippen LogP contribution in [0.15, 0.2) is 0 Å². The van der Waals surface area contributed by atoms with E-state index in [1.54, 1.807) is 7.11 Å². The van der Waals surface area contributed by atoms with Gasteiger partial charge in [-0.05, 0) is 25.8 Å². The Kier molecular flexibility index (Phi) is 6.57. The molecule has 0 aromatic heterocycles. The molecular weight excluding hydrogens is 240 g/mol. The first-order chi connectivity index (χ1) is 9.35. The molecule has 0 N–H and O–H groups in total. The molecule has 2 rings (SSSR count). The van der Waals surface area contributed by atoms with Crippen molar-refractivity contribution in [3.8, 4) is 0 Å². The van der Waals surface area contributed by atoms with Crippen LogP contribution in [-0.2, 0) is 9.47 Å². The Bertz CT molecular complexity index is 250. The zero-order valence-electron chi connectivity index (χ0n) is 12.6. The summed E-state index contributed by atoms with van der Waals surface area (Å²) < 4.78 is 10.6.